The van der Waals surface area contributed by atoms with Gasteiger partial charge in [0.1, 0.15) is 0 Å². The van der Waals surface area contributed by atoms with E-state index in [1.807, 2.05) is 32.0 Å². The number of esters is 2. The highest BCUT2D eigenvalue weighted by atomic mass is 127. The molecule has 0 aliphatic carbocycles. The summed E-state index contributed by atoms with van der Waals surface area (Å²) < 4.78 is 17.5. The second kappa shape index (κ2) is 9.42. The number of nitrogens with zero attached hydrogens (tertiary/aromatic N) is 1. The fraction of sp³-hybridized carbons (Fsp3) is 0.261. The summed E-state index contributed by atoms with van der Waals surface area (Å²) in [6, 6.07) is 10.8. The minimum absolute atomic E-state index is 0.190. The number of hydrogen-bond donors (Lipinski definition) is 0. The van der Waals surface area contributed by atoms with Gasteiger partial charge in [-0.15, -0.1) is 0 Å². The summed E-state index contributed by atoms with van der Waals surface area (Å²) in [6.07, 6.45) is 1.62. The Bertz CT molecular complexity index is 1060. The van der Waals surface area contributed by atoms with E-state index in [0.717, 1.165) is 14.7 Å². The van der Waals surface area contributed by atoms with Crippen LogP contribution in [0.4, 0.5) is 0 Å². The molecule has 7 heteroatoms. The number of ether oxygens (including phenoxy) is 3. The summed E-state index contributed by atoms with van der Waals surface area (Å²) in [5, 5.41) is 0. The Balaban J connectivity index is 1.90. The van der Waals surface area contributed by atoms with Gasteiger partial charge in [0.05, 0.1) is 12.5 Å². The molecule has 0 fully saturated rings. The van der Waals surface area contributed by atoms with Crippen LogP contribution in [0.2, 0.25) is 0 Å². The molecule has 30 heavy (non-hydrogen) atoms. The monoisotopic (exact) mass is 519 g/mol. The largest absolute Gasteiger partial charge is 0.490 e. The lowest BCUT2D eigenvalue weighted by atomic mass is 10.1. The summed E-state index contributed by atoms with van der Waals surface area (Å²) in [4.78, 5) is 28.6. The zero-order valence-electron chi connectivity index (χ0n) is 17.2. The lowest BCUT2D eigenvalue weighted by molar-refractivity contribution is -0.138. The van der Waals surface area contributed by atoms with Crippen molar-refractivity contribution in [3.8, 4) is 11.5 Å². The molecule has 1 aliphatic rings. The van der Waals surface area contributed by atoms with E-state index in [1.54, 1.807) is 38.1 Å². The van der Waals surface area contributed by atoms with E-state index in [4.69, 9.17) is 14.2 Å². The van der Waals surface area contributed by atoms with Gasteiger partial charge in [-0.05, 0) is 84.0 Å². The molecule has 156 valence electrons. The van der Waals surface area contributed by atoms with Gasteiger partial charge >= 0.3 is 11.9 Å². The van der Waals surface area contributed by atoms with E-state index in [-0.39, 0.29) is 23.5 Å². The highest BCUT2D eigenvalue weighted by Gasteiger charge is 2.24. The van der Waals surface area contributed by atoms with Crippen LogP contribution in [0.3, 0.4) is 0 Å². The van der Waals surface area contributed by atoms with Crippen molar-refractivity contribution in [3.63, 3.8) is 0 Å². The highest BCUT2D eigenvalue weighted by Crippen LogP contribution is 2.31. The molecule has 0 bridgehead atoms. The lowest BCUT2D eigenvalue weighted by Crippen LogP contribution is -2.15. The number of hydrogen-bond acceptors (Lipinski definition) is 6. The van der Waals surface area contributed by atoms with Crippen LogP contribution in [-0.2, 0) is 14.3 Å². The molecule has 2 aromatic carbocycles. The Hall–Kier alpha value is -2.68. The number of rotatable bonds is 6. The third-order valence-electron chi connectivity index (χ3n) is 4.28. The van der Waals surface area contributed by atoms with Crippen molar-refractivity contribution < 1.29 is 23.8 Å². The van der Waals surface area contributed by atoms with Crippen molar-refractivity contribution >= 4 is 46.5 Å². The molecule has 0 atom stereocenters. The maximum absolute atomic E-state index is 12.3. The SMILES string of the molecule is CCOc1cc(/C=C2\N=C(c3ccc(I)c(C)c3)OC2=O)ccc1OC(=O)C(C)C. The van der Waals surface area contributed by atoms with E-state index >= 15 is 0 Å². The first-order chi connectivity index (χ1) is 14.3. The molecule has 0 unspecified atom stereocenters. The molecule has 0 radical (unpaired) electrons. The second-order valence-electron chi connectivity index (χ2n) is 7.01. The van der Waals surface area contributed by atoms with Crippen molar-refractivity contribution in [1.29, 1.82) is 0 Å². The zero-order valence-corrected chi connectivity index (χ0v) is 19.3. The summed E-state index contributed by atoms with van der Waals surface area (Å²) in [5.41, 5.74) is 2.70. The fourth-order valence-electron chi connectivity index (χ4n) is 2.66. The number of halogens is 1. The van der Waals surface area contributed by atoms with E-state index < -0.39 is 5.97 Å². The van der Waals surface area contributed by atoms with Crippen LogP contribution in [0.25, 0.3) is 6.08 Å². The van der Waals surface area contributed by atoms with E-state index in [0.29, 0.717) is 23.7 Å². The topological polar surface area (TPSA) is 74.2 Å². The third kappa shape index (κ3) is 5.08. The van der Waals surface area contributed by atoms with Crippen molar-refractivity contribution in [2.75, 3.05) is 6.61 Å². The highest BCUT2D eigenvalue weighted by molar-refractivity contribution is 14.1. The van der Waals surface area contributed by atoms with Crippen LogP contribution in [0.5, 0.6) is 11.5 Å². The summed E-state index contributed by atoms with van der Waals surface area (Å²) >= 11 is 2.25. The van der Waals surface area contributed by atoms with Crippen molar-refractivity contribution in [3.05, 3.63) is 62.4 Å². The molecule has 0 spiro atoms. The van der Waals surface area contributed by atoms with Crippen LogP contribution in [-0.4, -0.2) is 24.4 Å². The quantitative estimate of drug-likeness (QED) is 0.235. The molecule has 2 aromatic rings. The summed E-state index contributed by atoms with van der Waals surface area (Å²) in [6.45, 7) is 7.76. The fourth-order valence-corrected chi connectivity index (χ4v) is 3.00. The van der Waals surface area contributed by atoms with Crippen molar-refractivity contribution in [2.24, 2.45) is 10.9 Å². The Kier molecular flexibility index (Phi) is 6.91. The van der Waals surface area contributed by atoms with Gasteiger partial charge in [0, 0.05) is 9.13 Å². The van der Waals surface area contributed by atoms with Crippen LogP contribution in [0, 0.1) is 16.4 Å². The van der Waals surface area contributed by atoms with Crippen LogP contribution in [0.15, 0.2) is 47.1 Å². The minimum Gasteiger partial charge on any atom is -0.490 e. The molecule has 0 saturated heterocycles. The second-order valence-corrected chi connectivity index (χ2v) is 8.18. The molecule has 0 aromatic heterocycles. The van der Waals surface area contributed by atoms with Gasteiger partial charge < -0.3 is 14.2 Å². The Morgan fingerprint density at radius 1 is 1.20 bits per heavy atom. The molecule has 0 N–H and O–H groups in total. The molecule has 1 aliphatic heterocycles. The molecule has 0 amide bonds. The normalized spacial score (nSPS) is 14.7. The Morgan fingerprint density at radius 2 is 1.97 bits per heavy atom. The number of benzene rings is 2. The molecular formula is C23H22INO5. The van der Waals surface area contributed by atoms with E-state index in [2.05, 4.69) is 27.6 Å². The van der Waals surface area contributed by atoms with Crippen molar-refractivity contribution in [1.82, 2.24) is 0 Å². The molecule has 6 nitrogen and oxygen atoms in total. The minimum atomic E-state index is -0.519. The van der Waals surface area contributed by atoms with Crippen LogP contribution >= 0.6 is 22.6 Å². The number of carbonyl (C=O) groups excluding carboxylic acids is 2. The summed E-state index contributed by atoms with van der Waals surface area (Å²) in [5.74, 6) is -0.0849. The number of carbonyl (C=O) groups is 2. The number of aryl methyl sites for hydroxylation is 1. The average molecular weight is 519 g/mol. The Morgan fingerprint density at radius 3 is 2.63 bits per heavy atom. The predicted molar refractivity (Wildman–Crippen MR) is 123 cm³/mol. The van der Waals surface area contributed by atoms with Gasteiger partial charge in [-0.2, -0.15) is 0 Å². The van der Waals surface area contributed by atoms with Crippen LogP contribution < -0.4 is 9.47 Å². The van der Waals surface area contributed by atoms with Gasteiger partial charge in [0.15, 0.2) is 17.2 Å². The van der Waals surface area contributed by atoms with Gasteiger partial charge in [0.25, 0.3) is 0 Å². The standard InChI is InChI=1S/C23H22INO5/c1-5-28-20-12-15(6-9-19(20)29-22(26)13(2)3)11-18-23(27)30-21(25-18)16-7-8-17(24)14(4)10-16/h6-13H,5H2,1-4H3/b18-11-. The third-order valence-corrected chi connectivity index (χ3v) is 5.49. The van der Waals surface area contributed by atoms with Gasteiger partial charge in [-0.1, -0.05) is 19.9 Å². The first-order valence-electron chi connectivity index (χ1n) is 9.56. The van der Waals surface area contributed by atoms with E-state index in [9.17, 15) is 9.59 Å². The maximum Gasteiger partial charge on any atom is 0.363 e. The van der Waals surface area contributed by atoms with E-state index in [1.165, 1.54) is 0 Å². The summed E-state index contributed by atoms with van der Waals surface area (Å²) in [7, 11) is 0. The first kappa shape index (κ1) is 22.0. The van der Waals surface area contributed by atoms with Gasteiger partial charge in [-0.3, -0.25) is 4.79 Å². The molecule has 0 saturated carbocycles. The first-order valence-corrected chi connectivity index (χ1v) is 10.6. The average Bonchev–Trinajstić information content (AvgIpc) is 3.06. The predicted octanol–water partition coefficient (Wildman–Crippen LogP) is 4.90. The van der Waals surface area contributed by atoms with Crippen molar-refractivity contribution in [2.45, 2.75) is 27.7 Å². The molecule has 3 rings (SSSR count). The van der Waals surface area contributed by atoms with Crippen LogP contribution in [0.1, 0.15) is 37.5 Å². The number of cyclic esters (lactones) is 1. The smallest absolute Gasteiger partial charge is 0.363 e. The van der Waals surface area contributed by atoms with Gasteiger partial charge in [0.2, 0.25) is 5.90 Å². The molecule has 1 heterocycles. The lowest BCUT2D eigenvalue weighted by Gasteiger charge is -2.12. The zero-order chi connectivity index (χ0) is 21.8. The Labute approximate surface area is 189 Å². The number of aliphatic imine (C=N–C) groups is 1. The molecular weight excluding hydrogens is 497 g/mol. The maximum atomic E-state index is 12.3. The van der Waals surface area contributed by atoms with Gasteiger partial charge in [-0.25, -0.2) is 9.79 Å².